The number of nitrogens with one attached hydrogen (secondary N) is 1. The molecule has 0 saturated carbocycles. The van der Waals surface area contributed by atoms with Crippen LogP contribution < -0.4 is 10.2 Å². The van der Waals surface area contributed by atoms with Gasteiger partial charge in [-0.25, -0.2) is 0 Å². The van der Waals surface area contributed by atoms with E-state index in [0.29, 0.717) is 17.4 Å². The monoisotopic (exact) mass is 1160 g/mol. The van der Waals surface area contributed by atoms with Crippen molar-refractivity contribution in [1.82, 2.24) is 5.32 Å². The van der Waals surface area contributed by atoms with Crippen LogP contribution in [0.5, 0.6) is 0 Å². The third-order valence-electron chi connectivity index (χ3n) is 16.4. The first-order valence-corrected chi connectivity index (χ1v) is 37.1. The van der Waals surface area contributed by atoms with Gasteiger partial charge in [-0.1, -0.05) is 322 Å². The Balaban J connectivity index is 5.00. The van der Waals surface area contributed by atoms with Gasteiger partial charge in [0.05, 0.1) is 33.8 Å². The van der Waals surface area contributed by atoms with Gasteiger partial charge in [-0.05, 0) is 57.4 Å². The van der Waals surface area contributed by atoms with Gasteiger partial charge < -0.3 is 28.5 Å². The largest absolute Gasteiger partial charge is 0.756 e. The number of carbonyl (C=O) groups is 2. The van der Waals surface area contributed by atoms with Gasteiger partial charge in [0, 0.05) is 12.8 Å². The second-order valence-corrected chi connectivity index (χ2v) is 27.2. The highest BCUT2D eigenvalue weighted by Gasteiger charge is 2.27. The van der Waals surface area contributed by atoms with E-state index in [1.54, 1.807) is 0 Å². The van der Waals surface area contributed by atoms with Gasteiger partial charge in [0.2, 0.25) is 5.91 Å². The molecule has 0 bridgehead atoms. The Labute approximate surface area is 504 Å². The summed E-state index contributed by atoms with van der Waals surface area (Å²) in [6, 6.07) is -0.883. The Morgan fingerprint density at radius 3 is 1.05 bits per heavy atom. The van der Waals surface area contributed by atoms with E-state index in [-0.39, 0.29) is 31.5 Å². The van der Waals surface area contributed by atoms with Crippen LogP contribution in [0.25, 0.3) is 0 Å². The smallest absolute Gasteiger partial charge is 0.306 e. The minimum Gasteiger partial charge on any atom is -0.756 e. The van der Waals surface area contributed by atoms with Crippen LogP contribution in [0, 0.1) is 0 Å². The van der Waals surface area contributed by atoms with Crippen LogP contribution >= 0.6 is 7.82 Å². The first kappa shape index (κ1) is 79.5. The van der Waals surface area contributed by atoms with Crippen molar-refractivity contribution in [1.29, 1.82) is 0 Å². The van der Waals surface area contributed by atoms with Gasteiger partial charge >= 0.3 is 5.97 Å². The maximum Gasteiger partial charge on any atom is 0.306 e. The number of rotatable bonds is 66. The molecule has 0 aromatic heterocycles. The third-order valence-corrected chi connectivity index (χ3v) is 17.3. The van der Waals surface area contributed by atoms with Crippen LogP contribution in [0.4, 0.5) is 0 Å². The number of esters is 1. The molecule has 9 nitrogen and oxygen atoms in total. The molecule has 0 heterocycles. The fraction of sp³-hybridized carbons (Fsp3) is 0.915. The van der Waals surface area contributed by atoms with Crippen molar-refractivity contribution < 1.29 is 37.3 Å². The Morgan fingerprint density at radius 2 is 0.716 bits per heavy atom. The number of nitrogens with zero attached hydrogens (tertiary/aromatic N) is 1. The minimum absolute atomic E-state index is 0.0181. The maximum absolute atomic E-state index is 13.6. The average Bonchev–Trinajstić information content (AvgIpc) is 3.43. The number of hydrogen-bond donors (Lipinski definition) is 1. The molecule has 1 amide bonds. The standard InChI is InChI=1S/C71H139N2O7P/c1-7-10-13-16-19-22-25-27-29-31-33-35-36-38-39-41-43-45-48-51-54-57-60-63-70(74)72-68(67-79-81(76,77)78-66-65-73(4,5)6)69(62-59-56-53-50-47-24-21-18-15-12-9-3)80-71(75)64-61-58-55-52-49-46-44-42-40-37-34-32-30-28-26-23-20-17-14-11-8-2/h27,29,59,62,68-69H,7-26,28,30-58,60-61,63-67H2,1-6H3,(H-,72,74,76,77)/b29-27+,62-59+. The number of carbonyl (C=O) groups excluding carboxylic acids is 2. The van der Waals surface area contributed by atoms with Crippen molar-refractivity contribution in [3.63, 3.8) is 0 Å². The second-order valence-electron chi connectivity index (χ2n) is 25.7. The van der Waals surface area contributed by atoms with Gasteiger partial charge in [0.25, 0.3) is 7.82 Å². The molecular formula is C71H139N2O7P. The molecule has 0 spiro atoms. The van der Waals surface area contributed by atoms with Crippen LogP contribution in [-0.2, 0) is 27.9 Å². The van der Waals surface area contributed by atoms with Gasteiger partial charge in [-0.3, -0.25) is 14.2 Å². The molecule has 1 N–H and O–H groups in total. The van der Waals surface area contributed by atoms with Crippen LogP contribution in [0.15, 0.2) is 24.3 Å². The third kappa shape index (κ3) is 62.8. The number of likely N-dealkylation sites (N-methyl/N-ethyl adjacent to an activating group) is 1. The zero-order valence-electron chi connectivity index (χ0n) is 55.0. The van der Waals surface area contributed by atoms with E-state index in [1.807, 2.05) is 33.3 Å². The van der Waals surface area contributed by atoms with E-state index in [2.05, 4.69) is 38.2 Å². The van der Waals surface area contributed by atoms with Gasteiger partial charge in [0.15, 0.2) is 0 Å². The minimum atomic E-state index is -4.70. The van der Waals surface area contributed by atoms with Crippen LogP contribution in [0.1, 0.15) is 367 Å². The summed E-state index contributed by atoms with van der Waals surface area (Å²) in [5, 5.41) is 3.05. The lowest BCUT2D eigenvalue weighted by Crippen LogP contribution is -2.47. The predicted octanol–water partition coefficient (Wildman–Crippen LogP) is 21.8. The van der Waals surface area contributed by atoms with Crippen molar-refractivity contribution in [2.45, 2.75) is 380 Å². The van der Waals surface area contributed by atoms with E-state index >= 15 is 0 Å². The van der Waals surface area contributed by atoms with Crippen molar-refractivity contribution in [2.24, 2.45) is 0 Å². The highest BCUT2D eigenvalue weighted by molar-refractivity contribution is 7.45. The van der Waals surface area contributed by atoms with Crippen molar-refractivity contribution in [2.75, 3.05) is 40.9 Å². The summed E-state index contributed by atoms with van der Waals surface area (Å²) in [5.41, 5.74) is 0. The maximum atomic E-state index is 13.6. The summed E-state index contributed by atoms with van der Waals surface area (Å²) in [6.45, 7) is 6.90. The summed E-state index contributed by atoms with van der Waals surface area (Å²) in [7, 11) is 1.21. The normalized spacial score (nSPS) is 13.6. The van der Waals surface area contributed by atoms with E-state index in [0.717, 1.165) is 57.8 Å². The summed E-state index contributed by atoms with van der Waals surface area (Å²) in [4.78, 5) is 40.1. The first-order chi connectivity index (χ1) is 39.4. The van der Waals surface area contributed by atoms with Crippen LogP contribution in [-0.4, -0.2) is 69.4 Å². The lowest BCUT2D eigenvalue weighted by molar-refractivity contribution is -0.870. The fourth-order valence-electron chi connectivity index (χ4n) is 10.9. The first-order valence-electron chi connectivity index (χ1n) is 35.6. The zero-order valence-corrected chi connectivity index (χ0v) is 55.9. The van der Waals surface area contributed by atoms with E-state index in [1.165, 1.54) is 276 Å². The van der Waals surface area contributed by atoms with Gasteiger partial charge in [0.1, 0.15) is 19.3 Å². The van der Waals surface area contributed by atoms with E-state index < -0.39 is 20.0 Å². The summed E-state index contributed by atoms with van der Waals surface area (Å²) in [5.74, 6) is -0.519. The lowest BCUT2D eigenvalue weighted by atomic mass is 10.0. The number of hydrogen-bond acceptors (Lipinski definition) is 7. The average molecular weight is 1160 g/mol. The van der Waals surface area contributed by atoms with Gasteiger partial charge in [-0.2, -0.15) is 0 Å². The Kier molecular flexibility index (Phi) is 60.4. The Morgan fingerprint density at radius 1 is 0.420 bits per heavy atom. The number of phosphoric ester groups is 1. The molecule has 0 aromatic rings. The predicted molar refractivity (Wildman–Crippen MR) is 349 cm³/mol. The summed E-state index contributed by atoms with van der Waals surface area (Å²) >= 11 is 0. The molecule has 0 rings (SSSR count). The quantitative estimate of drug-likeness (QED) is 0.0212. The molecule has 0 aliphatic rings. The topological polar surface area (TPSA) is 114 Å². The molecule has 480 valence electrons. The number of allylic oxidation sites excluding steroid dienone is 3. The van der Waals surface area contributed by atoms with E-state index in [4.69, 9.17) is 13.8 Å². The molecule has 0 saturated heterocycles. The van der Waals surface area contributed by atoms with Crippen molar-refractivity contribution in [3.05, 3.63) is 24.3 Å². The molecular weight excluding hydrogens is 1020 g/mol. The molecule has 0 aliphatic heterocycles. The number of ether oxygens (including phenoxy) is 1. The summed E-state index contributed by atoms with van der Waals surface area (Å²) in [6.07, 6.45) is 74.5. The number of quaternary nitrogens is 1. The van der Waals surface area contributed by atoms with Crippen LogP contribution in [0.3, 0.4) is 0 Å². The number of amides is 1. The zero-order chi connectivity index (χ0) is 59.3. The fourth-order valence-corrected chi connectivity index (χ4v) is 11.6. The number of phosphoric acid groups is 1. The molecule has 3 atom stereocenters. The SMILES string of the molecule is CCCCCCCC/C=C/CCCCCCCCCCCCCCCC(=O)NC(COP(=O)([O-])OCC[N+](C)(C)C)C(/C=C/CCCCCCCCCCC)OC(=O)CCCCCCCCCCCCCCCCCCCCCCC. The molecule has 0 radical (unpaired) electrons. The molecule has 81 heavy (non-hydrogen) atoms. The summed E-state index contributed by atoms with van der Waals surface area (Å²) < 4.78 is 30.4. The molecule has 0 aliphatic carbocycles. The molecule has 3 unspecified atom stereocenters. The van der Waals surface area contributed by atoms with Crippen molar-refractivity contribution in [3.8, 4) is 0 Å². The number of unbranched alkanes of at least 4 members (excludes halogenated alkanes) is 48. The molecule has 10 heteroatoms. The van der Waals surface area contributed by atoms with Crippen molar-refractivity contribution >= 4 is 19.7 Å². The van der Waals surface area contributed by atoms with Crippen LogP contribution in [0.2, 0.25) is 0 Å². The lowest BCUT2D eigenvalue weighted by Gasteiger charge is -2.30. The molecule has 0 fully saturated rings. The Bertz CT molecular complexity index is 1430. The van der Waals surface area contributed by atoms with E-state index in [9.17, 15) is 19.0 Å². The highest BCUT2D eigenvalue weighted by atomic mass is 31.2. The Hall–Kier alpha value is -1.51. The molecule has 0 aromatic carbocycles. The highest BCUT2D eigenvalue weighted by Crippen LogP contribution is 2.38. The second kappa shape index (κ2) is 61.6. The van der Waals surface area contributed by atoms with Gasteiger partial charge in [-0.15, -0.1) is 0 Å².